The fraction of sp³-hybridized carbons (Fsp3) is 0.133. The van der Waals surface area contributed by atoms with Crippen molar-refractivity contribution < 1.29 is 14.3 Å². The number of halogens is 1. The van der Waals surface area contributed by atoms with Gasteiger partial charge in [0, 0.05) is 15.4 Å². The van der Waals surface area contributed by atoms with Crippen LogP contribution in [0.3, 0.4) is 0 Å². The molecule has 0 N–H and O–H groups in total. The molecule has 2 aromatic rings. The van der Waals surface area contributed by atoms with E-state index in [-0.39, 0.29) is 5.78 Å². The molecule has 5 heteroatoms. The van der Waals surface area contributed by atoms with Crippen LogP contribution in [0.1, 0.15) is 15.2 Å². The van der Waals surface area contributed by atoms with Crippen LogP contribution in [-0.2, 0) is 0 Å². The molecule has 0 spiro atoms. The van der Waals surface area contributed by atoms with Gasteiger partial charge in [-0.1, -0.05) is 0 Å². The highest BCUT2D eigenvalue weighted by Crippen LogP contribution is 2.26. The predicted molar refractivity (Wildman–Crippen MR) is 84.9 cm³/mol. The van der Waals surface area contributed by atoms with Gasteiger partial charge in [-0.2, -0.15) is 0 Å². The van der Waals surface area contributed by atoms with Crippen molar-refractivity contribution in [2.75, 3.05) is 14.2 Å². The van der Waals surface area contributed by atoms with Gasteiger partial charge in [0.2, 0.25) is 0 Å². The third kappa shape index (κ3) is 3.49. The maximum Gasteiger partial charge on any atom is 0.195 e. The normalized spacial score (nSPS) is 10.8. The highest BCUT2D eigenvalue weighted by atomic mass is 79.9. The first-order chi connectivity index (χ1) is 9.63. The summed E-state index contributed by atoms with van der Waals surface area (Å²) in [7, 11) is 3.20. The minimum absolute atomic E-state index is 0.0365. The van der Waals surface area contributed by atoms with Crippen LogP contribution in [-0.4, -0.2) is 20.0 Å². The Hall–Kier alpha value is -1.59. The highest BCUT2D eigenvalue weighted by Gasteiger charge is 2.06. The summed E-state index contributed by atoms with van der Waals surface area (Å²) in [5, 5.41) is 1.88. The largest absolute Gasteiger partial charge is 0.497 e. The van der Waals surface area contributed by atoms with Crippen molar-refractivity contribution in [2.45, 2.75) is 0 Å². The first-order valence-electron chi connectivity index (χ1n) is 5.82. The molecule has 0 radical (unpaired) electrons. The lowest BCUT2D eigenvalue weighted by Gasteiger charge is -2.06. The summed E-state index contributed by atoms with van der Waals surface area (Å²) in [5.74, 6) is 1.38. The van der Waals surface area contributed by atoms with Crippen molar-refractivity contribution in [1.29, 1.82) is 0 Å². The average molecular weight is 353 g/mol. The van der Waals surface area contributed by atoms with Crippen molar-refractivity contribution in [1.82, 2.24) is 0 Å². The molecular formula is C15H13BrO3S. The molecular weight excluding hydrogens is 340 g/mol. The molecule has 0 aliphatic carbocycles. The van der Waals surface area contributed by atoms with Crippen LogP contribution in [0.15, 0.2) is 40.2 Å². The van der Waals surface area contributed by atoms with E-state index in [1.165, 1.54) is 17.4 Å². The molecule has 0 atom stereocenters. The smallest absolute Gasteiger partial charge is 0.195 e. The van der Waals surface area contributed by atoms with E-state index in [1.54, 1.807) is 26.4 Å². The molecule has 3 nitrogen and oxygen atoms in total. The van der Waals surface area contributed by atoms with E-state index in [2.05, 4.69) is 15.9 Å². The molecule has 104 valence electrons. The van der Waals surface area contributed by atoms with Gasteiger partial charge in [-0.3, -0.25) is 4.79 Å². The van der Waals surface area contributed by atoms with Crippen LogP contribution < -0.4 is 9.47 Å². The van der Waals surface area contributed by atoms with E-state index in [4.69, 9.17) is 9.47 Å². The van der Waals surface area contributed by atoms with E-state index in [0.717, 1.165) is 15.8 Å². The zero-order chi connectivity index (χ0) is 14.5. The maximum atomic E-state index is 12.0. The second-order valence-corrected chi connectivity index (χ2v) is 5.76. The number of hydrogen-bond acceptors (Lipinski definition) is 4. The molecule has 1 aromatic heterocycles. The van der Waals surface area contributed by atoms with Gasteiger partial charge in [-0.05, 0) is 52.3 Å². The highest BCUT2D eigenvalue weighted by molar-refractivity contribution is 9.10. The second kappa shape index (κ2) is 6.72. The molecule has 0 aliphatic rings. The zero-order valence-corrected chi connectivity index (χ0v) is 13.5. The third-order valence-electron chi connectivity index (χ3n) is 2.66. The van der Waals surface area contributed by atoms with Crippen molar-refractivity contribution in [3.8, 4) is 11.5 Å². The molecule has 0 saturated carbocycles. The summed E-state index contributed by atoms with van der Waals surface area (Å²) in [4.78, 5) is 12.7. The summed E-state index contributed by atoms with van der Waals surface area (Å²) in [5.41, 5.74) is 0.802. The molecule has 0 bridgehead atoms. The first kappa shape index (κ1) is 14.8. The van der Waals surface area contributed by atoms with E-state index in [1.807, 2.05) is 23.6 Å². The zero-order valence-electron chi connectivity index (χ0n) is 11.1. The molecule has 0 saturated heterocycles. The number of ether oxygens (including phenoxy) is 2. The Morgan fingerprint density at radius 1 is 1.25 bits per heavy atom. The van der Waals surface area contributed by atoms with Crippen molar-refractivity contribution >= 4 is 39.1 Å². The minimum Gasteiger partial charge on any atom is -0.497 e. The number of allylic oxidation sites excluding steroid dienone is 1. The monoisotopic (exact) mass is 352 g/mol. The molecule has 0 amide bonds. The number of methoxy groups -OCH3 is 2. The van der Waals surface area contributed by atoms with E-state index < -0.39 is 0 Å². The minimum atomic E-state index is -0.0365. The lowest BCUT2D eigenvalue weighted by Crippen LogP contribution is -1.92. The van der Waals surface area contributed by atoms with Crippen LogP contribution in [0.2, 0.25) is 0 Å². The Balaban J connectivity index is 2.24. The quantitative estimate of drug-likeness (QED) is 0.590. The van der Waals surface area contributed by atoms with Crippen LogP contribution in [0.4, 0.5) is 0 Å². The predicted octanol–water partition coefficient (Wildman–Crippen LogP) is 4.42. The molecule has 2 rings (SSSR count). The number of thiophene rings is 1. The van der Waals surface area contributed by atoms with E-state index in [0.29, 0.717) is 10.6 Å². The Labute approximate surface area is 130 Å². The molecule has 0 aliphatic heterocycles. The SMILES string of the molecule is COc1ccc(OC)c(/C=C/C(=O)c2cc(Br)cs2)c1. The fourth-order valence-corrected chi connectivity index (χ4v) is 3.01. The summed E-state index contributed by atoms with van der Waals surface area (Å²) < 4.78 is 11.3. The number of benzene rings is 1. The van der Waals surface area contributed by atoms with Gasteiger partial charge in [0.05, 0.1) is 19.1 Å². The Morgan fingerprint density at radius 3 is 2.65 bits per heavy atom. The van der Waals surface area contributed by atoms with E-state index in [9.17, 15) is 4.79 Å². The second-order valence-electron chi connectivity index (χ2n) is 3.93. The lowest BCUT2D eigenvalue weighted by molar-refractivity contribution is 0.105. The molecule has 1 aromatic carbocycles. The number of rotatable bonds is 5. The molecule has 1 heterocycles. The first-order valence-corrected chi connectivity index (χ1v) is 7.50. The van der Waals surface area contributed by atoms with Gasteiger partial charge >= 0.3 is 0 Å². The van der Waals surface area contributed by atoms with Crippen LogP contribution in [0.5, 0.6) is 11.5 Å². The van der Waals surface area contributed by atoms with Crippen molar-refractivity contribution in [3.05, 3.63) is 50.6 Å². The number of ketones is 1. The number of hydrogen-bond donors (Lipinski definition) is 0. The van der Waals surface area contributed by atoms with Gasteiger partial charge < -0.3 is 9.47 Å². The number of carbonyl (C=O) groups excluding carboxylic acids is 1. The Bertz CT molecular complexity index is 646. The average Bonchev–Trinajstić information content (AvgIpc) is 2.91. The van der Waals surface area contributed by atoms with Crippen molar-refractivity contribution in [3.63, 3.8) is 0 Å². The maximum absolute atomic E-state index is 12.0. The van der Waals surface area contributed by atoms with Gasteiger partial charge in [-0.15, -0.1) is 11.3 Å². The Morgan fingerprint density at radius 2 is 2.05 bits per heavy atom. The summed E-state index contributed by atoms with van der Waals surface area (Å²) in [6, 6.07) is 7.26. The lowest BCUT2D eigenvalue weighted by atomic mass is 10.1. The standard InChI is InChI=1S/C15H13BrO3S/c1-18-12-4-6-14(19-2)10(7-12)3-5-13(17)15-8-11(16)9-20-15/h3-9H,1-2H3/b5-3+. The summed E-state index contributed by atoms with van der Waals surface area (Å²) in [6.07, 6.45) is 3.27. The summed E-state index contributed by atoms with van der Waals surface area (Å²) in [6.45, 7) is 0. The van der Waals surface area contributed by atoms with Gasteiger partial charge in [-0.25, -0.2) is 0 Å². The van der Waals surface area contributed by atoms with Gasteiger partial charge in [0.15, 0.2) is 5.78 Å². The van der Waals surface area contributed by atoms with Gasteiger partial charge in [0.25, 0.3) is 0 Å². The van der Waals surface area contributed by atoms with Crippen LogP contribution in [0, 0.1) is 0 Å². The molecule has 0 fully saturated rings. The topological polar surface area (TPSA) is 35.5 Å². The van der Waals surface area contributed by atoms with Crippen LogP contribution >= 0.6 is 27.3 Å². The van der Waals surface area contributed by atoms with Crippen LogP contribution in [0.25, 0.3) is 6.08 Å². The fourth-order valence-electron chi connectivity index (χ4n) is 1.66. The third-order valence-corrected chi connectivity index (χ3v) is 4.37. The summed E-state index contributed by atoms with van der Waals surface area (Å²) >= 11 is 4.74. The Kier molecular flexibility index (Phi) is 4.98. The molecule has 20 heavy (non-hydrogen) atoms. The van der Waals surface area contributed by atoms with Gasteiger partial charge in [0.1, 0.15) is 11.5 Å². The number of carbonyl (C=O) groups is 1. The molecule has 0 unspecified atom stereocenters. The van der Waals surface area contributed by atoms with Crippen molar-refractivity contribution in [2.24, 2.45) is 0 Å². The van der Waals surface area contributed by atoms with E-state index >= 15 is 0 Å².